The molecule has 104 valence electrons. The zero-order valence-electron chi connectivity index (χ0n) is 11.5. The molecule has 0 aliphatic heterocycles. The molecule has 2 rings (SSSR count). The van der Waals surface area contributed by atoms with Crippen LogP contribution >= 0.6 is 11.3 Å². The molecule has 1 fully saturated rings. The number of amides is 1. The van der Waals surface area contributed by atoms with E-state index in [9.17, 15) is 9.59 Å². The van der Waals surface area contributed by atoms with Crippen LogP contribution in [0.1, 0.15) is 33.4 Å². The molecule has 1 amide bonds. The van der Waals surface area contributed by atoms with Crippen LogP contribution in [0.5, 0.6) is 0 Å². The number of nitrogens with one attached hydrogen (secondary N) is 1. The zero-order valence-corrected chi connectivity index (χ0v) is 12.3. The highest BCUT2D eigenvalue weighted by molar-refractivity contribution is 7.13. The third kappa shape index (κ3) is 2.36. The highest BCUT2D eigenvalue weighted by Gasteiger charge is 2.68. The van der Waals surface area contributed by atoms with Crippen molar-refractivity contribution in [3.05, 3.63) is 11.1 Å². The van der Waals surface area contributed by atoms with Gasteiger partial charge in [0.25, 0.3) is 0 Å². The number of thiazole rings is 1. The number of rotatable bonds is 4. The van der Waals surface area contributed by atoms with Gasteiger partial charge in [0.2, 0.25) is 5.91 Å². The van der Waals surface area contributed by atoms with Gasteiger partial charge in [-0.25, -0.2) is 4.98 Å². The minimum absolute atomic E-state index is 0.0156. The van der Waals surface area contributed by atoms with Crippen LogP contribution in [-0.2, 0) is 16.0 Å². The summed E-state index contributed by atoms with van der Waals surface area (Å²) in [5.74, 6) is -0.995. The molecule has 1 heterocycles. The maximum atomic E-state index is 12.2. The second-order valence-corrected chi connectivity index (χ2v) is 6.94. The van der Waals surface area contributed by atoms with Crippen LogP contribution in [0.3, 0.4) is 0 Å². The smallest absolute Gasteiger partial charge is 0.309 e. The fourth-order valence-electron chi connectivity index (χ4n) is 2.63. The zero-order chi connectivity index (χ0) is 14.4. The van der Waals surface area contributed by atoms with Gasteiger partial charge in [0.1, 0.15) is 0 Å². The van der Waals surface area contributed by atoms with E-state index in [1.54, 1.807) is 5.38 Å². The van der Waals surface area contributed by atoms with E-state index < -0.39 is 5.97 Å². The molecule has 1 aliphatic rings. The second kappa shape index (κ2) is 4.30. The number of hydrogen-bond donors (Lipinski definition) is 2. The summed E-state index contributed by atoms with van der Waals surface area (Å²) >= 11 is 1.26. The van der Waals surface area contributed by atoms with Crippen LogP contribution < -0.4 is 5.32 Å². The largest absolute Gasteiger partial charge is 0.481 e. The summed E-state index contributed by atoms with van der Waals surface area (Å²) in [7, 11) is 0. The lowest BCUT2D eigenvalue weighted by Crippen LogP contribution is -2.17. The van der Waals surface area contributed by atoms with Crippen molar-refractivity contribution in [2.45, 2.75) is 34.1 Å². The molecule has 1 aromatic heterocycles. The quantitative estimate of drug-likeness (QED) is 0.888. The molecule has 0 unspecified atom stereocenters. The first-order valence-electron chi connectivity index (χ1n) is 6.13. The maximum Gasteiger partial charge on any atom is 0.309 e. The molecule has 0 bridgehead atoms. The first-order valence-corrected chi connectivity index (χ1v) is 7.01. The van der Waals surface area contributed by atoms with E-state index in [-0.39, 0.29) is 29.1 Å². The SMILES string of the molecule is CC1(C)C(C(=O)Nc2nc(CC(=O)O)cs2)C1(C)C. The van der Waals surface area contributed by atoms with Gasteiger partial charge in [-0.2, -0.15) is 0 Å². The molecule has 19 heavy (non-hydrogen) atoms. The van der Waals surface area contributed by atoms with Crippen LogP contribution in [-0.4, -0.2) is 22.0 Å². The molecule has 0 radical (unpaired) electrons. The van der Waals surface area contributed by atoms with E-state index in [1.165, 1.54) is 11.3 Å². The van der Waals surface area contributed by atoms with Crippen LogP contribution in [0.25, 0.3) is 0 Å². The third-order valence-electron chi connectivity index (χ3n) is 4.40. The fraction of sp³-hybridized carbons (Fsp3) is 0.615. The number of aromatic nitrogens is 1. The summed E-state index contributed by atoms with van der Waals surface area (Å²) in [6.07, 6.45) is -0.118. The van der Waals surface area contributed by atoms with Gasteiger partial charge in [-0.3, -0.25) is 9.59 Å². The molecule has 1 aliphatic carbocycles. The Labute approximate surface area is 116 Å². The molecule has 0 saturated heterocycles. The van der Waals surface area contributed by atoms with Gasteiger partial charge >= 0.3 is 5.97 Å². The number of carbonyl (C=O) groups excluding carboxylic acids is 1. The Bertz CT molecular complexity index is 520. The second-order valence-electron chi connectivity index (χ2n) is 6.08. The lowest BCUT2D eigenvalue weighted by atomic mass is 10.0. The van der Waals surface area contributed by atoms with Crippen molar-refractivity contribution in [1.29, 1.82) is 0 Å². The predicted octanol–water partition coefficient (Wildman–Crippen LogP) is 2.39. The Balaban J connectivity index is 2.01. The summed E-state index contributed by atoms with van der Waals surface area (Å²) in [5.41, 5.74) is 0.443. The van der Waals surface area contributed by atoms with E-state index in [4.69, 9.17) is 5.11 Å². The summed E-state index contributed by atoms with van der Waals surface area (Å²) in [4.78, 5) is 26.8. The lowest BCUT2D eigenvalue weighted by molar-refractivity contribution is -0.136. The van der Waals surface area contributed by atoms with Crippen LogP contribution in [0.2, 0.25) is 0 Å². The minimum atomic E-state index is -0.923. The van der Waals surface area contributed by atoms with E-state index in [0.29, 0.717) is 10.8 Å². The Hall–Kier alpha value is -1.43. The van der Waals surface area contributed by atoms with Gasteiger partial charge in [-0.15, -0.1) is 11.3 Å². The molecule has 0 atom stereocenters. The van der Waals surface area contributed by atoms with Gasteiger partial charge in [0, 0.05) is 11.3 Å². The van der Waals surface area contributed by atoms with Crippen molar-refractivity contribution in [3.63, 3.8) is 0 Å². The molecule has 2 N–H and O–H groups in total. The normalized spacial score (nSPS) is 20.0. The molecule has 1 saturated carbocycles. The third-order valence-corrected chi connectivity index (χ3v) is 5.20. The summed E-state index contributed by atoms with van der Waals surface area (Å²) < 4.78 is 0. The van der Waals surface area contributed by atoms with E-state index >= 15 is 0 Å². The average Bonchev–Trinajstić information content (AvgIpc) is 2.57. The number of hydrogen-bond acceptors (Lipinski definition) is 4. The molecular formula is C13H18N2O3S. The van der Waals surface area contributed by atoms with Crippen LogP contribution in [0, 0.1) is 16.7 Å². The highest BCUT2D eigenvalue weighted by Crippen LogP contribution is 2.68. The fourth-order valence-corrected chi connectivity index (χ4v) is 3.34. The van der Waals surface area contributed by atoms with E-state index in [2.05, 4.69) is 38.0 Å². The van der Waals surface area contributed by atoms with E-state index in [0.717, 1.165) is 0 Å². The topological polar surface area (TPSA) is 79.3 Å². The highest BCUT2D eigenvalue weighted by atomic mass is 32.1. The Morgan fingerprint density at radius 2 is 1.95 bits per heavy atom. The average molecular weight is 282 g/mol. The van der Waals surface area contributed by atoms with Gasteiger partial charge in [-0.1, -0.05) is 27.7 Å². The van der Waals surface area contributed by atoms with Gasteiger partial charge in [-0.05, 0) is 10.8 Å². The number of carbonyl (C=O) groups is 2. The number of carboxylic acids is 1. The Morgan fingerprint density at radius 3 is 2.42 bits per heavy atom. The first kappa shape index (κ1) is 14.0. The lowest BCUT2D eigenvalue weighted by Gasteiger charge is -2.03. The van der Waals surface area contributed by atoms with Crippen molar-refractivity contribution in [2.24, 2.45) is 16.7 Å². The number of anilines is 1. The van der Waals surface area contributed by atoms with Crippen molar-refractivity contribution in [1.82, 2.24) is 4.98 Å². The van der Waals surface area contributed by atoms with Gasteiger partial charge in [0.15, 0.2) is 5.13 Å². The number of nitrogens with zero attached hydrogens (tertiary/aromatic N) is 1. The van der Waals surface area contributed by atoms with Gasteiger partial charge in [0.05, 0.1) is 12.1 Å². The first-order chi connectivity index (χ1) is 8.66. The number of carboxylic acid groups (broad SMARTS) is 1. The van der Waals surface area contributed by atoms with Crippen LogP contribution in [0.15, 0.2) is 5.38 Å². The minimum Gasteiger partial charge on any atom is -0.481 e. The van der Waals surface area contributed by atoms with Crippen molar-refractivity contribution < 1.29 is 14.7 Å². The summed E-state index contributed by atoms with van der Waals surface area (Å²) in [5, 5.41) is 13.6. The van der Waals surface area contributed by atoms with E-state index in [1.807, 2.05) is 0 Å². The molecule has 5 nitrogen and oxygen atoms in total. The predicted molar refractivity (Wildman–Crippen MR) is 73.1 cm³/mol. The summed E-state index contributed by atoms with van der Waals surface area (Å²) in [6, 6.07) is 0. The van der Waals surface area contributed by atoms with Crippen molar-refractivity contribution in [3.8, 4) is 0 Å². The molecule has 0 aromatic carbocycles. The molecule has 6 heteroatoms. The molecular weight excluding hydrogens is 264 g/mol. The van der Waals surface area contributed by atoms with Crippen molar-refractivity contribution in [2.75, 3.05) is 5.32 Å². The van der Waals surface area contributed by atoms with Crippen molar-refractivity contribution >= 4 is 28.3 Å². The Morgan fingerprint density at radius 1 is 1.37 bits per heavy atom. The molecule has 1 aromatic rings. The summed E-state index contributed by atoms with van der Waals surface area (Å²) in [6.45, 7) is 8.31. The Kier molecular flexibility index (Phi) is 3.16. The number of aliphatic carboxylic acids is 1. The monoisotopic (exact) mass is 282 g/mol. The standard InChI is InChI=1S/C13H18N2O3S/c1-12(2)9(13(12,3)4)10(18)15-11-14-7(6-19-11)5-8(16)17/h6,9H,5H2,1-4H3,(H,16,17)(H,14,15,18). The maximum absolute atomic E-state index is 12.2. The van der Waals surface area contributed by atoms with Gasteiger partial charge < -0.3 is 10.4 Å². The molecule has 0 spiro atoms. The van der Waals surface area contributed by atoms with Crippen LogP contribution in [0.4, 0.5) is 5.13 Å².